The Hall–Kier alpha value is -3.65. The van der Waals surface area contributed by atoms with E-state index in [1.54, 1.807) is 0 Å². The Balaban J connectivity index is 1.73. The number of nitrogens with one attached hydrogen (secondary N) is 1. The molecular formula is C29H37N5O3. The Bertz CT molecular complexity index is 1380. The van der Waals surface area contributed by atoms with Gasteiger partial charge < -0.3 is 25.1 Å². The Morgan fingerprint density at radius 3 is 2.57 bits per heavy atom. The number of pyridine rings is 1. The minimum Gasteiger partial charge on any atom is -0.489 e. The number of nitrogen functional groups attached to an aromatic ring is 1. The average molecular weight is 504 g/mol. The predicted octanol–water partition coefficient (Wildman–Crippen LogP) is 5.22. The van der Waals surface area contributed by atoms with E-state index in [4.69, 9.17) is 20.2 Å². The number of aromatic nitrogens is 3. The SMILES string of the molecule is CCOCc1nc2c(N)nc3cc(OCc4ccccc4)ccc3c2n1CC(C)(C)NC(=O)CC(C)C. The second-order valence-electron chi connectivity index (χ2n) is 10.4. The van der Waals surface area contributed by atoms with Crippen molar-refractivity contribution in [3.05, 3.63) is 59.9 Å². The molecule has 0 radical (unpaired) electrons. The number of rotatable bonds is 11. The van der Waals surface area contributed by atoms with Gasteiger partial charge in [0, 0.05) is 31.0 Å². The standard InChI is InChI=1S/C29H37N5O3/c1-6-36-17-24-32-26-27(34(24)18-29(4,5)33-25(35)14-19(2)3)22-13-12-21(15-23(22)31-28(26)30)37-16-20-10-8-7-9-11-20/h7-13,15,19H,6,14,16-18H2,1-5H3,(H2,30,31)(H,33,35). The van der Waals surface area contributed by atoms with Crippen LogP contribution >= 0.6 is 0 Å². The number of imidazole rings is 1. The smallest absolute Gasteiger partial charge is 0.220 e. The topological polar surface area (TPSA) is 104 Å². The zero-order valence-electron chi connectivity index (χ0n) is 22.4. The normalized spacial score (nSPS) is 11.9. The van der Waals surface area contributed by atoms with Gasteiger partial charge in [-0.3, -0.25) is 4.79 Å². The van der Waals surface area contributed by atoms with Gasteiger partial charge in [0.15, 0.2) is 5.82 Å². The summed E-state index contributed by atoms with van der Waals surface area (Å²) in [5.74, 6) is 2.12. The predicted molar refractivity (Wildman–Crippen MR) is 147 cm³/mol. The number of nitrogens with zero attached hydrogens (tertiary/aromatic N) is 3. The van der Waals surface area contributed by atoms with Gasteiger partial charge in [0.25, 0.3) is 0 Å². The van der Waals surface area contributed by atoms with Gasteiger partial charge >= 0.3 is 0 Å². The van der Waals surface area contributed by atoms with Crippen LogP contribution in [-0.2, 0) is 29.3 Å². The van der Waals surface area contributed by atoms with Crippen molar-refractivity contribution in [2.24, 2.45) is 5.92 Å². The van der Waals surface area contributed by atoms with E-state index in [0.29, 0.717) is 49.9 Å². The van der Waals surface area contributed by atoms with Gasteiger partial charge in [0.2, 0.25) is 5.91 Å². The summed E-state index contributed by atoms with van der Waals surface area (Å²) in [6.07, 6.45) is 0.478. The van der Waals surface area contributed by atoms with E-state index in [2.05, 4.69) is 14.9 Å². The van der Waals surface area contributed by atoms with Gasteiger partial charge in [-0.05, 0) is 44.4 Å². The lowest BCUT2D eigenvalue weighted by molar-refractivity contribution is -0.123. The monoisotopic (exact) mass is 503 g/mol. The molecule has 0 saturated heterocycles. The highest BCUT2D eigenvalue weighted by atomic mass is 16.5. The number of carbonyl (C=O) groups excluding carboxylic acids is 1. The molecule has 0 bridgehead atoms. The molecule has 37 heavy (non-hydrogen) atoms. The molecule has 0 unspecified atom stereocenters. The van der Waals surface area contributed by atoms with Crippen molar-refractivity contribution in [2.75, 3.05) is 12.3 Å². The van der Waals surface area contributed by atoms with Crippen LogP contribution in [0.25, 0.3) is 21.9 Å². The number of nitrogens with two attached hydrogens (primary N) is 1. The first-order chi connectivity index (χ1) is 17.7. The number of fused-ring (bicyclic) bond motifs is 3. The molecule has 4 rings (SSSR count). The maximum absolute atomic E-state index is 12.6. The number of benzene rings is 2. The summed E-state index contributed by atoms with van der Waals surface area (Å²) in [6.45, 7) is 11.9. The van der Waals surface area contributed by atoms with Gasteiger partial charge in [0.1, 0.15) is 30.3 Å². The summed E-state index contributed by atoms with van der Waals surface area (Å²) < 4.78 is 13.9. The number of hydrogen-bond donors (Lipinski definition) is 2. The second-order valence-corrected chi connectivity index (χ2v) is 10.4. The Labute approximate surface area is 218 Å². The van der Waals surface area contributed by atoms with Crippen molar-refractivity contribution in [1.29, 1.82) is 0 Å². The zero-order valence-corrected chi connectivity index (χ0v) is 22.4. The molecule has 0 fully saturated rings. The fourth-order valence-electron chi connectivity index (χ4n) is 4.48. The molecule has 2 aromatic heterocycles. The van der Waals surface area contributed by atoms with E-state index < -0.39 is 5.54 Å². The van der Waals surface area contributed by atoms with Crippen LogP contribution in [0.4, 0.5) is 5.82 Å². The third-order valence-corrected chi connectivity index (χ3v) is 6.06. The van der Waals surface area contributed by atoms with Gasteiger partial charge in [0.05, 0.1) is 16.6 Å². The quantitative estimate of drug-likeness (QED) is 0.291. The third kappa shape index (κ3) is 6.38. The Morgan fingerprint density at radius 1 is 1.11 bits per heavy atom. The van der Waals surface area contributed by atoms with Gasteiger partial charge in [-0.2, -0.15) is 0 Å². The van der Waals surface area contributed by atoms with Crippen LogP contribution in [0.15, 0.2) is 48.5 Å². The van der Waals surface area contributed by atoms with Crippen molar-refractivity contribution in [3.8, 4) is 5.75 Å². The van der Waals surface area contributed by atoms with Crippen molar-refractivity contribution in [2.45, 2.75) is 66.3 Å². The zero-order chi connectivity index (χ0) is 26.6. The molecule has 8 heteroatoms. The van der Waals surface area contributed by atoms with Crippen LogP contribution in [0.5, 0.6) is 5.75 Å². The van der Waals surface area contributed by atoms with Crippen molar-refractivity contribution in [3.63, 3.8) is 0 Å². The fourth-order valence-corrected chi connectivity index (χ4v) is 4.48. The highest BCUT2D eigenvalue weighted by Gasteiger charge is 2.26. The Kier molecular flexibility index (Phi) is 7.97. The highest BCUT2D eigenvalue weighted by molar-refractivity contribution is 6.07. The number of carbonyl (C=O) groups is 1. The Morgan fingerprint density at radius 2 is 1.86 bits per heavy atom. The van der Waals surface area contributed by atoms with Crippen LogP contribution < -0.4 is 15.8 Å². The van der Waals surface area contributed by atoms with Crippen molar-refractivity contribution < 1.29 is 14.3 Å². The fraction of sp³-hybridized carbons (Fsp3) is 0.414. The maximum atomic E-state index is 12.6. The van der Waals surface area contributed by atoms with E-state index in [-0.39, 0.29) is 11.8 Å². The lowest BCUT2D eigenvalue weighted by Gasteiger charge is -2.28. The summed E-state index contributed by atoms with van der Waals surface area (Å²) in [5.41, 5.74) is 9.20. The summed E-state index contributed by atoms with van der Waals surface area (Å²) in [5, 5.41) is 4.10. The van der Waals surface area contributed by atoms with Crippen LogP contribution in [0.1, 0.15) is 52.4 Å². The van der Waals surface area contributed by atoms with Crippen LogP contribution in [0.3, 0.4) is 0 Å². The maximum Gasteiger partial charge on any atom is 0.220 e. The van der Waals surface area contributed by atoms with Gasteiger partial charge in [-0.25, -0.2) is 9.97 Å². The summed E-state index contributed by atoms with van der Waals surface area (Å²) in [4.78, 5) is 22.0. The molecule has 1 amide bonds. The van der Waals surface area contributed by atoms with E-state index in [0.717, 1.165) is 27.8 Å². The average Bonchev–Trinajstić information content (AvgIpc) is 3.19. The first-order valence-corrected chi connectivity index (χ1v) is 12.8. The minimum atomic E-state index is -0.524. The van der Waals surface area contributed by atoms with E-state index in [1.807, 2.05) is 83.1 Å². The molecule has 2 aromatic carbocycles. The van der Waals surface area contributed by atoms with Crippen LogP contribution in [0, 0.1) is 5.92 Å². The molecule has 0 saturated carbocycles. The molecule has 4 aromatic rings. The van der Waals surface area contributed by atoms with Crippen molar-refractivity contribution in [1.82, 2.24) is 19.9 Å². The lowest BCUT2D eigenvalue weighted by atomic mass is 10.0. The van der Waals surface area contributed by atoms with Crippen LogP contribution in [-0.4, -0.2) is 32.6 Å². The molecule has 0 atom stereocenters. The molecule has 0 aliphatic heterocycles. The van der Waals surface area contributed by atoms with Crippen LogP contribution in [0.2, 0.25) is 0 Å². The molecule has 2 heterocycles. The first kappa shape index (κ1) is 26.4. The van der Waals surface area contributed by atoms with E-state index in [1.165, 1.54) is 0 Å². The molecular weight excluding hydrogens is 466 g/mol. The number of amides is 1. The van der Waals surface area contributed by atoms with Crippen molar-refractivity contribution >= 4 is 33.7 Å². The molecule has 0 spiro atoms. The van der Waals surface area contributed by atoms with Gasteiger partial charge in [-0.1, -0.05) is 44.2 Å². The number of hydrogen-bond acceptors (Lipinski definition) is 6. The first-order valence-electron chi connectivity index (χ1n) is 12.8. The summed E-state index contributed by atoms with van der Waals surface area (Å²) >= 11 is 0. The largest absolute Gasteiger partial charge is 0.489 e. The second kappa shape index (κ2) is 11.2. The summed E-state index contributed by atoms with van der Waals surface area (Å²) in [7, 11) is 0. The summed E-state index contributed by atoms with van der Waals surface area (Å²) in [6, 6.07) is 15.9. The van der Waals surface area contributed by atoms with Gasteiger partial charge in [-0.15, -0.1) is 0 Å². The molecule has 196 valence electrons. The minimum absolute atomic E-state index is 0.0297. The van der Waals surface area contributed by atoms with E-state index >= 15 is 0 Å². The molecule has 0 aliphatic rings. The number of anilines is 1. The third-order valence-electron chi connectivity index (χ3n) is 6.06. The highest BCUT2D eigenvalue weighted by Crippen LogP contribution is 2.32. The molecule has 0 aliphatic carbocycles. The lowest BCUT2D eigenvalue weighted by Crippen LogP contribution is -2.47. The van der Waals surface area contributed by atoms with E-state index in [9.17, 15) is 4.79 Å². The molecule has 8 nitrogen and oxygen atoms in total. The molecule has 3 N–H and O–H groups in total. The number of ether oxygens (including phenoxy) is 2.